The molecular formula is C26H23Cl4FN2S. The average molecular weight is 556 g/mol. The average Bonchev–Trinajstić information content (AvgIpc) is 3.18. The van der Waals surface area contributed by atoms with Crippen LogP contribution in [0.2, 0.25) is 20.1 Å². The van der Waals surface area contributed by atoms with E-state index in [1.165, 1.54) is 12.1 Å². The van der Waals surface area contributed by atoms with Gasteiger partial charge >= 0.3 is 0 Å². The molecule has 34 heavy (non-hydrogen) atoms. The smallest absolute Gasteiger partial charge is 0.168 e. The Morgan fingerprint density at radius 3 is 2.18 bits per heavy atom. The lowest BCUT2D eigenvalue weighted by molar-refractivity contribution is 0.570. The van der Waals surface area contributed by atoms with E-state index in [0.29, 0.717) is 25.8 Å². The first-order valence-corrected chi connectivity index (χ1v) is 12.8. The molecule has 0 unspecified atom stereocenters. The van der Waals surface area contributed by atoms with Crippen LogP contribution in [0, 0.1) is 5.82 Å². The molecule has 178 valence electrons. The minimum absolute atomic E-state index is 0.178. The Hall–Kier alpha value is -1.69. The molecule has 2 nitrogen and oxygen atoms in total. The Morgan fingerprint density at radius 1 is 0.882 bits per heavy atom. The summed E-state index contributed by atoms with van der Waals surface area (Å²) in [5.41, 5.74) is 2.88. The van der Waals surface area contributed by atoms with Gasteiger partial charge in [-0.1, -0.05) is 96.3 Å². The van der Waals surface area contributed by atoms with E-state index in [-0.39, 0.29) is 11.2 Å². The molecule has 0 saturated carbocycles. The standard InChI is InChI=1S/C20H18Cl4N2S.C6H5F/c1-20(2,13-4-6-16(23)17(24)9-13)18-10-25-19(26(18)3)27-11-12-8-14(21)5-7-15(12)22;7-6-4-2-1-3-5-6/h4-10H,11H2,1-3H3;1-5H. The van der Waals surface area contributed by atoms with Crippen molar-refractivity contribution < 1.29 is 4.39 Å². The van der Waals surface area contributed by atoms with Gasteiger partial charge in [-0.25, -0.2) is 9.37 Å². The molecule has 0 spiro atoms. The van der Waals surface area contributed by atoms with Crippen LogP contribution in [0.25, 0.3) is 0 Å². The van der Waals surface area contributed by atoms with E-state index in [1.54, 1.807) is 36.0 Å². The van der Waals surface area contributed by atoms with E-state index < -0.39 is 0 Å². The van der Waals surface area contributed by atoms with Gasteiger partial charge in [0.1, 0.15) is 5.82 Å². The first-order chi connectivity index (χ1) is 16.1. The van der Waals surface area contributed by atoms with Gasteiger partial charge in [-0.3, -0.25) is 0 Å². The zero-order chi connectivity index (χ0) is 24.9. The van der Waals surface area contributed by atoms with Crippen LogP contribution in [0.1, 0.15) is 30.7 Å². The van der Waals surface area contributed by atoms with Gasteiger partial charge in [0.25, 0.3) is 0 Å². The largest absolute Gasteiger partial charge is 0.325 e. The van der Waals surface area contributed by atoms with E-state index in [9.17, 15) is 4.39 Å². The number of rotatable bonds is 5. The fraction of sp³-hybridized carbons (Fsp3) is 0.192. The minimum atomic E-state index is -0.275. The number of nitrogens with zero attached hydrogens (tertiary/aromatic N) is 2. The van der Waals surface area contributed by atoms with Crippen molar-refractivity contribution in [2.24, 2.45) is 7.05 Å². The van der Waals surface area contributed by atoms with Crippen LogP contribution in [0.15, 0.2) is 78.1 Å². The molecule has 0 fully saturated rings. The summed E-state index contributed by atoms with van der Waals surface area (Å²) in [5, 5.41) is 3.40. The highest BCUT2D eigenvalue weighted by Crippen LogP contribution is 2.37. The van der Waals surface area contributed by atoms with Crippen molar-refractivity contribution in [3.63, 3.8) is 0 Å². The van der Waals surface area contributed by atoms with Crippen molar-refractivity contribution in [1.29, 1.82) is 0 Å². The molecule has 0 bridgehead atoms. The fourth-order valence-corrected chi connectivity index (χ4v) is 5.05. The summed E-state index contributed by atoms with van der Waals surface area (Å²) in [7, 11) is 2.02. The second-order valence-corrected chi connectivity index (χ2v) is 10.7. The Bertz CT molecular complexity index is 1260. The third kappa shape index (κ3) is 6.71. The van der Waals surface area contributed by atoms with Crippen molar-refractivity contribution in [2.45, 2.75) is 30.2 Å². The summed E-state index contributed by atoms with van der Waals surface area (Å²) >= 11 is 26.2. The van der Waals surface area contributed by atoms with Crippen LogP contribution in [0.4, 0.5) is 4.39 Å². The molecule has 4 rings (SSSR count). The molecule has 4 aromatic rings. The summed E-state index contributed by atoms with van der Waals surface area (Å²) in [6, 6.07) is 19.2. The predicted octanol–water partition coefficient (Wildman–Crippen LogP) is 9.48. The van der Waals surface area contributed by atoms with Crippen molar-refractivity contribution in [2.75, 3.05) is 0 Å². The lowest BCUT2D eigenvalue weighted by atomic mass is 9.82. The summed E-state index contributed by atoms with van der Waals surface area (Å²) in [4.78, 5) is 4.61. The Morgan fingerprint density at radius 2 is 1.56 bits per heavy atom. The van der Waals surface area contributed by atoms with Crippen LogP contribution >= 0.6 is 58.2 Å². The Labute approximate surface area is 224 Å². The monoisotopic (exact) mass is 554 g/mol. The number of imidazole rings is 1. The van der Waals surface area contributed by atoms with Crippen LogP contribution in [0.3, 0.4) is 0 Å². The van der Waals surface area contributed by atoms with Crippen molar-refractivity contribution in [1.82, 2.24) is 9.55 Å². The molecule has 1 aromatic heterocycles. The van der Waals surface area contributed by atoms with E-state index in [0.717, 1.165) is 22.0 Å². The van der Waals surface area contributed by atoms with E-state index in [1.807, 2.05) is 43.6 Å². The van der Waals surface area contributed by atoms with E-state index in [4.69, 9.17) is 46.4 Å². The molecule has 0 saturated heterocycles. The minimum Gasteiger partial charge on any atom is -0.325 e. The molecule has 0 radical (unpaired) electrons. The molecule has 0 aliphatic heterocycles. The lowest BCUT2D eigenvalue weighted by Crippen LogP contribution is -2.22. The van der Waals surface area contributed by atoms with E-state index >= 15 is 0 Å². The highest BCUT2D eigenvalue weighted by atomic mass is 35.5. The van der Waals surface area contributed by atoms with Crippen molar-refractivity contribution >= 4 is 58.2 Å². The molecule has 0 N–H and O–H groups in total. The zero-order valence-corrected chi connectivity index (χ0v) is 22.7. The predicted molar refractivity (Wildman–Crippen MR) is 144 cm³/mol. The molecule has 0 aliphatic carbocycles. The zero-order valence-electron chi connectivity index (χ0n) is 18.8. The first-order valence-electron chi connectivity index (χ1n) is 10.3. The fourth-order valence-electron chi connectivity index (χ4n) is 3.35. The van der Waals surface area contributed by atoms with Gasteiger partial charge in [0.2, 0.25) is 0 Å². The van der Waals surface area contributed by atoms with Gasteiger partial charge in [-0.2, -0.15) is 0 Å². The molecule has 0 atom stereocenters. The van der Waals surface area contributed by atoms with Crippen LogP contribution in [-0.2, 0) is 18.2 Å². The van der Waals surface area contributed by atoms with Gasteiger partial charge in [-0.05, 0) is 53.6 Å². The maximum absolute atomic E-state index is 11.9. The van der Waals surface area contributed by atoms with Gasteiger partial charge in [0.15, 0.2) is 5.16 Å². The van der Waals surface area contributed by atoms with Gasteiger partial charge in [0, 0.05) is 34.0 Å². The van der Waals surface area contributed by atoms with Crippen LogP contribution in [-0.4, -0.2) is 9.55 Å². The number of halogens is 5. The number of benzene rings is 3. The van der Waals surface area contributed by atoms with Crippen molar-refractivity contribution in [3.05, 3.63) is 116 Å². The maximum atomic E-state index is 11.9. The molecule has 0 aliphatic rings. The lowest BCUT2D eigenvalue weighted by Gasteiger charge is -2.26. The van der Waals surface area contributed by atoms with Crippen LogP contribution in [0.5, 0.6) is 0 Å². The topological polar surface area (TPSA) is 17.8 Å². The van der Waals surface area contributed by atoms with Gasteiger partial charge in [-0.15, -0.1) is 0 Å². The van der Waals surface area contributed by atoms with E-state index in [2.05, 4.69) is 23.4 Å². The summed E-state index contributed by atoms with van der Waals surface area (Å²) in [6.07, 6.45) is 1.91. The first kappa shape index (κ1) is 26.9. The maximum Gasteiger partial charge on any atom is 0.168 e. The number of thioether (sulfide) groups is 1. The molecule has 3 aromatic carbocycles. The highest BCUT2D eigenvalue weighted by Gasteiger charge is 2.28. The summed E-state index contributed by atoms with van der Waals surface area (Å²) in [5.74, 6) is 0.513. The SMILES string of the molecule is Cn1c(C(C)(C)c2ccc(Cl)c(Cl)c2)cnc1SCc1cc(Cl)ccc1Cl.Fc1ccccc1. The quantitative estimate of drug-likeness (QED) is 0.228. The Kier molecular flexibility index (Phi) is 9.36. The molecule has 0 amide bonds. The molecule has 8 heteroatoms. The third-order valence-corrected chi connectivity index (χ3v) is 7.76. The van der Waals surface area contributed by atoms with Gasteiger partial charge in [0.05, 0.1) is 16.2 Å². The second kappa shape index (κ2) is 11.8. The molecule has 1 heterocycles. The summed E-state index contributed by atoms with van der Waals surface area (Å²) < 4.78 is 14.0. The summed E-state index contributed by atoms with van der Waals surface area (Å²) in [6.45, 7) is 4.29. The van der Waals surface area contributed by atoms with Crippen LogP contribution < -0.4 is 0 Å². The number of hydrogen-bond donors (Lipinski definition) is 0. The number of hydrogen-bond acceptors (Lipinski definition) is 2. The normalized spacial score (nSPS) is 11.2. The second-order valence-electron chi connectivity index (χ2n) is 8.06. The molecular weight excluding hydrogens is 533 g/mol. The number of aromatic nitrogens is 2. The Balaban J connectivity index is 0.000000396. The third-order valence-electron chi connectivity index (χ3n) is 5.32. The highest BCUT2D eigenvalue weighted by molar-refractivity contribution is 7.98. The van der Waals surface area contributed by atoms with Gasteiger partial charge < -0.3 is 4.57 Å². The van der Waals surface area contributed by atoms with Crippen molar-refractivity contribution in [3.8, 4) is 0 Å².